The number of alkyl carbamates (subject to hydrolysis) is 1. The van der Waals surface area contributed by atoms with Crippen molar-refractivity contribution in [2.75, 3.05) is 19.8 Å². The van der Waals surface area contributed by atoms with Crippen molar-refractivity contribution >= 4 is 45.9 Å². The van der Waals surface area contributed by atoms with Crippen LogP contribution in [0.5, 0.6) is 0 Å². The van der Waals surface area contributed by atoms with Crippen LogP contribution in [-0.4, -0.2) is 103 Å². The van der Waals surface area contributed by atoms with E-state index in [-0.39, 0.29) is 51.6 Å². The average molecular weight is 774 g/mol. The van der Waals surface area contributed by atoms with Gasteiger partial charge in [-0.05, 0) is 79.5 Å². The number of hydrogen-bond acceptors (Lipinski definition) is 11. The third kappa shape index (κ3) is 8.60. The maximum Gasteiger partial charge on any atom is 0.410 e. The summed E-state index contributed by atoms with van der Waals surface area (Å²) in [5, 5.41) is 4.82. The van der Waals surface area contributed by atoms with Crippen molar-refractivity contribution in [3.05, 3.63) is 34.9 Å². The quantitative estimate of drug-likeness (QED) is 0.283. The Hall–Kier alpha value is -4.41. The Morgan fingerprint density at radius 3 is 2.31 bits per heavy atom. The van der Waals surface area contributed by atoms with Gasteiger partial charge >= 0.3 is 18.2 Å². The molecule has 5 amide bonds. The largest absolute Gasteiger partial charge is 0.462 e. The van der Waals surface area contributed by atoms with Crippen LogP contribution in [0.4, 0.5) is 9.59 Å². The monoisotopic (exact) mass is 773 g/mol. The summed E-state index contributed by atoms with van der Waals surface area (Å²) in [6.07, 6.45) is 1.68. The topological polar surface area (TPSA) is 207 Å². The highest BCUT2D eigenvalue weighted by Gasteiger charge is 2.62. The minimum absolute atomic E-state index is 0.0915. The maximum atomic E-state index is 14.4. The van der Waals surface area contributed by atoms with Crippen LogP contribution in [-0.2, 0) is 51.7 Å². The lowest BCUT2D eigenvalue weighted by molar-refractivity contribution is -0.143. The number of nitrogens with zero attached hydrogens (tertiary/aromatic N) is 2. The minimum Gasteiger partial charge on any atom is -0.462 e. The van der Waals surface area contributed by atoms with Gasteiger partial charge in [-0.25, -0.2) is 22.8 Å². The van der Waals surface area contributed by atoms with Crippen molar-refractivity contribution < 1.29 is 51.4 Å². The van der Waals surface area contributed by atoms with Gasteiger partial charge in [0, 0.05) is 19.5 Å². The van der Waals surface area contributed by atoms with E-state index in [4.69, 9.17) is 14.2 Å². The summed E-state index contributed by atoms with van der Waals surface area (Å²) in [5.74, 6) is -2.93. The lowest BCUT2D eigenvalue weighted by Crippen LogP contribution is -2.60. The molecule has 16 nitrogen and oxygen atoms in total. The van der Waals surface area contributed by atoms with Crippen LogP contribution < -0.4 is 15.4 Å². The molecule has 1 unspecified atom stereocenters. The second-order valence-electron chi connectivity index (χ2n) is 16.2. The molecule has 1 aromatic rings. The summed E-state index contributed by atoms with van der Waals surface area (Å²) in [4.78, 5) is 84.1. The molecular formula is C37H51N5O11S. The van der Waals surface area contributed by atoms with E-state index >= 15 is 0 Å². The molecule has 1 aromatic carbocycles. The molecule has 5 bridgehead atoms. The van der Waals surface area contributed by atoms with E-state index < -0.39 is 80.3 Å². The van der Waals surface area contributed by atoms with Crippen molar-refractivity contribution in [3.8, 4) is 0 Å². The Balaban J connectivity index is 1.25. The molecule has 3 fully saturated rings. The standard InChI is InChI=1S/C37H51N5O11S/c1-5-25-18-37(25,33(46)40-54(49,50)27-12-13-27)39-30(43)28-17-26-21-42(28)31(44)29(36(2,3)4)38-34(47)52-15-9-7-6-8-14-51-32(45)22-10-11-23-19-41(35(48)53-26)20-24(23)16-22/h10-11,16,25-29H,5-9,12-15,17-21H2,1-4H3,(H,38,47)(H,39,43)(H,40,46)/t25-,26+,28?,29+,37-/m0/s1. The van der Waals surface area contributed by atoms with Gasteiger partial charge in [-0.2, -0.15) is 0 Å². The van der Waals surface area contributed by atoms with Crippen molar-refractivity contribution in [2.45, 2.75) is 128 Å². The number of cyclic esters (lactones) is 2. The van der Waals surface area contributed by atoms with Crippen LogP contribution in [0.3, 0.4) is 0 Å². The van der Waals surface area contributed by atoms with Crippen molar-refractivity contribution in [2.24, 2.45) is 11.3 Å². The molecule has 2 saturated carbocycles. The van der Waals surface area contributed by atoms with E-state index in [0.717, 1.165) is 17.5 Å². The summed E-state index contributed by atoms with van der Waals surface area (Å²) in [6.45, 7) is 7.63. The predicted molar refractivity (Wildman–Crippen MR) is 192 cm³/mol. The summed E-state index contributed by atoms with van der Waals surface area (Å²) in [7, 11) is -3.90. The molecule has 3 aliphatic heterocycles. The third-order valence-electron chi connectivity index (χ3n) is 11.0. The van der Waals surface area contributed by atoms with Crippen LogP contribution >= 0.6 is 0 Å². The van der Waals surface area contributed by atoms with Crippen LogP contribution in [0.25, 0.3) is 0 Å². The Bertz CT molecular complexity index is 1790. The SMILES string of the molecule is CC[C@H]1C[C@@]1(NC(=O)C1C[C@@H]2CN1C(=O)[C@H](C(C)(C)C)NC(=O)OCCCCCCOC(=O)c1ccc3c(c1)CN(C3)C(=O)O2)C(=O)NS(=O)(=O)C1CC1. The highest BCUT2D eigenvalue weighted by Crippen LogP contribution is 2.47. The molecule has 0 spiro atoms. The van der Waals surface area contributed by atoms with Gasteiger partial charge in [0.15, 0.2) is 0 Å². The fraction of sp³-hybridized carbons (Fsp3) is 0.676. The van der Waals surface area contributed by atoms with Gasteiger partial charge in [0.1, 0.15) is 23.7 Å². The lowest BCUT2D eigenvalue weighted by atomic mass is 9.85. The van der Waals surface area contributed by atoms with Gasteiger partial charge in [0.25, 0.3) is 5.91 Å². The number of carbonyl (C=O) groups excluding carboxylic acids is 6. The van der Waals surface area contributed by atoms with E-state index in [1.54, 1.807) is 39.0 Å². The van der Waals surface area contributed by atoms with Crippen molar-refractivity contribution in [1.29, 1.82) is 0 Å². The molecule has 6 rings (SSSR count). The summed E-state index contributed by atoms with van der Waals surface area (Å²) < 4.78 is 44.3. The fourth-order valence-corrected chi connectivity index (χ4v) is 8.85. The first-order valence-corrected chi connectivity index (χ1v) is 20.4. The highest BCUT2D eigenvalue weighted by atomic mass is 32.2. The first kappa shape index (κ1) is 39.3. The van der Waals surface area contributed by atoms with Crippen LogP contribution in [0.1, 0.15) is 107 Å². The molecule has 0 radical (unpaired) electrons. The first-order valence-electron chi connectivity index (χ1n) is 18.9. The van der Waals surface area contributed by atoms with Gasteiger partial charge in [0.2, 0.25) is 21.8 Å². The summed E-state index contributed by atoms with van der Waals surface area (Å²) in [6, 6.07) is 2.75. The van der Waals surface area contributed by atoms with Crippen LogP contribution in [0.15, 0.2) is 18.2 Å². The highest BCUT2D eigenvalue weighted by molar-refractivity contribution is 7.91. The molecule has 3 N–H and O–H groups in total. The lowest BCUT2D eigenvalue weighted by Gasteiger charge is -2.35. The van der Waals surface area contributed by atoms with Crippen molar-refractivity contribution in [3.63, 3.8) is 0 Å². The predicted octanol–water partition coefficient (Wildman–Crippen LogP) is 2.87. The number of carbonyl (C=O) groups is 6. The number of hydrogen-bond donors (Lipinski definition) is 3. The number of fused-ring (bicyclic) bond motifs is 4. The number of benzene rings is 1. The molecule has 296 valence electrons. The zero-order valence-corrected chi connectivity index (χ0v) is 32.1. The van der Waals surface area contributed by atoms with Gasteiger partial charge in [0.05, 0.1) is 30.6 Å². The van der Waals surface area contributed by atoms with E-state index in [1.165, 1.54) is 9.80 Å². The fourth-order valence-electron chi connectivity index (χ4n) is 7.48. The molecule has 1 saturated heterocycles. The first-order chi connectivity index (χ1) is 25.5. The second-order valence-corrected chi connectivity index (χ2v) is 18.1. The summed E-state index contributed by atoms with van der Waals surface area (Å²) in [5.41, 5.74) is -0.363. The Labute approximate surface area is 315 Å². The van der Waals surface area contributed by atoms with Crippen LogP contribution in [0, 0.1) is 11.3 Å². The smallest absolute Gasteiger partial charge is 0.410 e. The normalized spacial score (nSPS) is 28.4. The summed E-state index contributed by atoms with van der Waals surface area (Å²) >= 11 is 0. The van der Waals surface area contributed by atoms with Crippen molar-refractivity contribution in [1.82, 2.24) is 25.2 Å². The number of sulfonamides is 1. The molecule has 5 aliphatic rings. The number of rotatable bonds is 6. The Morgan fingerprint density at radius 2 is 1.67 bits per heavy atom. The van der Waals surface area contributed by atoms with E-state index in [0.29, 0.717) is 44.1 Å². The minimum atomic E-state index is -3.90. The zero-order valence-electron chi connectivity index (χ0n) is 31.3. The Kier molecular flexibility index (Phi) is 11.2. The maximum absolute atomic E-state index is 14.4. The van der Waals surface area contributed by atoms with Gasteiger partial charge in [-0.15, -0.1) is 0 Å². The molecular weight excluding hydrogens is 722 g/mol. The molecule has 2 aliphatic carbocycles. The van der Waals surface area contributed by atoms with Gasteiger partial charge < -0.3 is 29.7 Å². The Morgan fingerprint density at radius 1 is 0.981 bits per heavy atom. The van der Waals surface area contributed by atoms with Gasteiger partial charge in [-0.3, -0.25) is 24.0 Å². The number of amides is 5. The molecule has 0 aromatic heterocycles. The second kappa shape index (κ2) is 15.4. The molecule has 5 atom stereocenters. The molecule has 3 heterocycles. The van der Waals surface area contributed by atoms with E-state index in [9.17, 15) is 37.2 Å². The number of nitrogens with one attached hydrogen (secondary N) is 3. The zero-order chi connectivity index (χ0) is 39.0. The van der Waals surface area contributed by atoms with E-state index in [1.807, 2.05) is 6.92 Å². The van der Waals surface area contributed by atoms with E-state index in [2.05, 4.69) is 15.4 Å². The van der Waals surface area contributed by atoms with Crippen LogP contribution in [0.2, 0.25) is 0 Å². The average Bonchev–Trinajstić information content (AvgIpc) is 4.01. The van der Waals surface area contributed by atoms with Gasteiger partial charge in [-0.1, -0.05) is 40.2 Å². The third-order valence-corrected chi connectivity index (χ3v) is 12.8. The molecule has 54 heavy (non-hydrogen) atoms. The number of esters is 1. The molecule has 17 heteroatoms. The number of ether oxygens (including phenoxy) is 3.